The maximum atomic E-state index is 11.9. The van der Waals surface area contributed by atoms with E-state index >= 15 is 0 Å². The molecule has 1 N–H and O–H groups in total. The van der Waals surface area contributed by atoms with Crippen molar-refractivity contribution in [2.24, 2.45) is 0 Å². The quantitative estimate of drug-likeness (QED) is 0.595. The standard InChI is InChI=1S/C21H25NO6/c1-3-25-17-11-9-16(10-12-17)22-20(23)15-28-21(24)13-14-27-19-8-6-5-7-18(19)26-4-2/h5-12H,3-4,13-15H2,1-2H3,(H,22,23). The van der Waals surface area contributed by atoms with Crippen LogP contribution >= 0.6 is 0 Å². The molecule has 0 aliphatic rings. The summed E-state index contributed by atoms with van der Waals surface area (Å²) in [6, 6.07) is 14.2. The predicted octanol–water partition coefficient (Wildman–Crippen LogP) is 3.43. The summed E-state index contributed by atoms with van der Waals surface area (Å²) in [5.41, 5.74) is 0.598. The fraction of sp³-hybridized carbons (Fsp3) is 0.333. The van der Waals surface area contributed by atoms with Crippen LogP contribution in [0.4, 0.5) is 5.69 Å². The molecule has 0 bridgehead atoms. The van der Waals surface area contributed by atoms with E-state index in [1.807, 2.05) is 26.0 Å². The third-order valence-electron chi connectivity index (χ3n) is 3.53. The molecular formula is C21H25NO6. The number of ether oxygens (including phenoxy) is 4. The monoisotopic (exact) mass is 387 g/mol. The lowest BCUT2D eigenvalue weighted by Crippen LogP contribution is -2.21. The van der Waals surface area contributed by atoms with E-state index in [0.29, 0.717) is 30.4 Å². The normalized spacial score (nSPS) is 10.1. The van der Waals surface area contributed by atoms with E-state index in [1.165, 1.54) is 0 Å². The van der Waals surface area contributed by atoms with E-state index in [2.05, 4.69) is 5.32 Å². The van der Waals surface area contributed by atoms with Gasteiger partial charge in [0, 0.05) is 5.69 Å². The molecule has 0 aliphatic carbocycles. The summed E-state index contributed by atoms with van der Waals surface area (Å²) in [5.74, 6) is 0.965. The van der Waals surface area contributed by atoms with Gasteiger partial charge in [-0.25, -0.2) is 0 Å². The Kier molecular flexibility index (Phi) is 8.65. The van der Waals surface area contributed by atoms with Crippen LogP contribution in [-0.2, 0) is 14.3 Å². The van der Waals surface area contributed by atoms with E-state index in [1.54, 1.807) is 36.4 Å². The second kappa shape index (κ2) is 11.5. The number of amides is 1. The number of para-hydroxylation sites is 2. The lowest BCUT2D eigenvalue weighted by molar-refractivity contribution is -0.147. The molecule has 0 atom stereocenters. The molecule has 0 radical (unpaired) electrons. The molecular weight excluding hydrogens is 362 g/mol. The summed E-state index contributed by atoms with van der Waals surface area (Å²) in [7, 11) is 0. The van der Waals surface area contributed by atoms with Gasteiger partial charge in [-0.05, 0) is 50.2 Å². The largest absolute Gasteiger partial charge is 0.494 e. The molecule has 2 aromatic carbocycles. The Morgan fingerprint density at radius 2 is 1.50 bits per heavy atom. The fourth-order valence-electron chi connectivity index (χ4n) is 2.30. The van der Waals surface area contributed by atoms with Crippen molar-refractivity contribution in [2.45, 2.75) is 20.3 Å². The van der Waals surface area contributed by atoms with Crippen molar-refractivity contribution in [1.29, 1.82) is 0 Å². The van der Waals surface area contributed by atoms with Crippen molar-refractivity contribution in [1.82, 2.24) is 0 Å². The van der Waals surface area contributed by atoms with E-state index in [0.717, 1.165) is 5.75 Å². The first kappa shape index (κ1) is 21.1. The van der Waals surface area contributed by atoms with Gasteiger partial charge < -0.3 is 24.3 Å². The lowest BCUT2D eigenvalue weighted by Gasteiger charge is -2.11. The number of esters is 1. The maximum absolute atomic E-state index is 11.9. The molecule has 0 spiro atoms. The van der Waals surface area contributed by atoms with Gasteiger partial charge in [0.25, 0.3) is 5.91 Å². The molecule has 0 saturated heterocycles. The Morgan fingerprint density at radius 1 is 0.857 bits per heavy atom. The van der Waals surface area contributed by atoms with Crippen LogP contribution in [0.25, 0.3) is 0 Å². The molecule has 2 rings (SSSR count). The SMILES string of the molecule is CCOc1ccc(NC(=O)COC(=O)CCOc2ccccc2OCC)cc1. The molecule has 7 heteroatoms. The summed E-state index contributed by atoms with van der Waals surface area (Å²) >= 11 is 0. The number of hydrogen-bond acceptors (Lipinski definition) is 6. The van der Waals surface area contributed by atoms with E-state index in [-0.39, 0.29) is 19.6 Å². The van der Waals surface area contributed by atoms with Gasteiger partial charge in [-0.3, -0.25) is 9.59 Å². The minimum atomic E-state index is -0.518. The Balaban J connectivity index is 1.68. The van der Waals surface area contributed by atoms with E-state index in [9.17, 15) is 9.59 Å². The zero-order chi connectivity index (χ0) is 20.2. The van der Waals surface area contributed by atoms with Gasteiger partial charge in [0.2, 0.25) is 0 Å². The van der Waals surface area contributed by atoms with Crippen LogP contribution in [0.3, 0.4) is 0 Å². The lowest BCUT2D eigenvalue weighted by atomic mass is 10.3. The summed E-state index contributed by atoms with van der Waals surface area (Å²) in [5, 5.41) is 2.65. The second-order valence-electron chi connectivity index (χ2n) is 5.64. The van der Waals surface area contributed by atoms with Crippen molar-refractivity contribution in [2.75, 3.05) is 31.7 Å². The first-order valence-electron chi connectivity index (χ1n) is 9.15. The Hall–Kier alpha value is -3.22. The first-order chi connectivity index (χ1) is 13.6. The number of hydrogen-bond donors (Lipinski definition) is 1. The zero-order valence-electron chi connectivity index (χ0n) is 16.1. The number of nitrogens with one attached hydrogen (secondary N) is 1. The van der Waals surface area contributed by atoms with Crippen LogP contribution in [0, 0.1) is 0 Å². The molecule has 0 aliphatic heterocycles. The van der Waals surface area contributed by atoms with Gasteiger partial charge in [0.05, 0.1) is 26.2 Å². The average Bonchev–Trinajstić information content (AvgIpc) is 2.70. The smallest absolute Gasteiger partial charge is 0.309 e. The highest BCUT2D eigenvalue weighted by Gasteiger charge is 2.10. The number of rotatable bonds is 11. The van der Waals surface area contributed by atoms with Gasteiger partial charge >= 0.3 is 5.97 Å². The Bertz CT molecular complexity index is 760. The number of benzene rings is 2. The predicted molar refractivity (Wildman–Crippen MR) is 105 cm³/mol. The molecule has 1 amide bonds. The van der Waals surface area contributed by atoms with Crippen molar-refractivity contribution >= 4 is 17.6 Å². The molecule has 0 fully saturated rings. The van der Waals surface area contributed by atoms with Crippen molar-refractivity contribution in [3.05, 3.63) is 48.5 Å². The third kappa shape index (κ3) is 7.19. The van der Waals surface area contributed by atoms with Crippen LogP contribution in [0.15, 0.2) is 48.5 Å². The van der Waals surface area contributed by atoms with Crippen molar-refractivity contribution in [3.63, 3.8) is 0 Å². The number of anilines is 1. The van der Waals surface area contributed by atoms with Crippen LogP contribution in [0.1, 0.15) is 20.3 Å². The highest BCUT2D eigenvalue weighted by Crippen LogP contribution is 2.26. The molecule has 2 aromatic rings. The van der Waals surface area contributed by atoms with Crippen LogP contribution in [0.2, 0.25) is 0 Å². The number of carbonyl (C=O) groups is 2. The van der Waals surface area contributed by atoms with Gasteiger partial charge in [0.1, 0.15) is 5.75 Å². The van der Waals surface area contributed by atoms with Crippen molar-refractivity contribution < 1.29 is 28.5 Å². The molecule has 150 valence electrons. The highest BCUT2D eigenvalue weighted by atomic mass is 16.5. The Morgan fingerprint density at radius 3 is 2.14 bits per heavy atom. The molecule has 28 heavy (non-hydrogen) atoms. The molecule has 7 nitrogen and oxygen atoms in total. The van der Waals surface area contributed by atoms with Crippen molar-refractivity contribution in [3.8, 4) is 17.2 Å². The average molecular weight is 387 g/mol. The first-order valence-corrected chi connectivity index (χ1v) is 9.15. The zero-order valence-corrected chi connectivity index (χ0v) is 16.1. The van der Waals surface area contributed by atoms with Gasteiger partial charge in [-0.2, -0.15) is 0 Å². The fourth-order valence-corrected chi connectivity index (χ4v) is 2.30. The summed E-state index contributed by atoms with van der Waals surface area (Å²) in [6.45, 7) is 4.64. The molecule has 0 unspecified atom stereocenters. The minimum absolute atomic E-state index is 0.0246. The number of carbonyl (C=O) groups excluding carboxylic acids is 2. The van der Waals surface area contributed by atoms with Crippen LogP contribution < -0.4 is 19.5 Å². The highest BCUT2D eigenvalue weighted by molar-refractivity contribution is 5.92. The maximum Gasteiger partial charge on any atom is 0.309 e. The topological polar surface area (TPSA) is 83.1 Å². The third-order valence-corrected chi connectivity index (χ3v) is 3.53. The van der Waals surface area contributed by atoms with Crippen LogP contribution in [0.5, 0.6) is 17.2 Å². The van der Waals surface area contributed by atoms with Gasteiger partial charge in [-0.15, -0.1) is 0 Å². The van der Waals surface area contributed by atoms with Gasteiger partial charge in [-0.1, -0.05) is 12.1 Å². The second-order valence-corrected chi connectivity index (χ2v) is 5.64. The molecule has 0 saturated carbocycles. The summed E-state index contributed by atoms with van der Waals surface area (Å²) in [6.07, 6.45) is 0.0246. The van der Waals surface area contributed by atoms with Gasteiger partial charge in [0.15, 0.2) is 18.1 Å². The van der Waals surface area contributed by atoms with E-state index < -0.39 is 11.9 Å². The Labute approximate surface area is 164 Å². The van der Waals surface area contributed by atoms with Crippen LogP contribution in [-0.4, -0.2) is 38.3 Å². The summed E-state index contributed by atoms with van der Waals surface area (Å²) in [4.78, 5) is 23.7. The van der Waals surface area contributed by atoms with E-state index in [4.69, 9.17) is 18.9 Å². The molecule has 0 aromatic heterocycles. The molecule has 0 heterocycles. The summed E-state index contributed by atoms with van der Waals surface area (Å²) < 4.78 is 21.3. The minimum Gasteiger partial charge on any atom is -0.494 e.